The first-order valence-electron chi connectivity index (χ1n) is 6.06. The molecule has 106 valence electrons. The van der Waals surface area contributed by atoms with Gasteiger partial charge in [-0.1, -0.05) is 13.3 Å². The van der Waals surface area contributed by atoms with E-state index in [4.69, 9.17) is 5.11 Å². The van der Waals surface area contributed by atoms with E-state index < -0.39 is 18.0 Å². The Bertz CT molecular complexity index is 445. The van der Waals surface area contributed by atoms with Gasteiger partial charge in [0.25, 0.3) is 0 Å². The minimum Gasteiger partial charge on any atom is -0.480 e. The van der Waals surface area contributed by atoms with Crippen LogP contribution in [0.1, 0.15) is 31.4 Å². The van der Waals surface area contributed by atoms with Crippen molar-refractivity contribution in [1.29, 1.82) is 0 Å². The van der Waals surface area contributed by atoms with Gasteiger partial charge in [-0.2, -0.15) is 5.10 Å². The maximum Gasteiger partial charge on any atom is 0.326 e. The molecule has 8 heteroatoms. The molecule has 2 amide bonds. The van der Waals surface area contributed by atoms with Crippen LogP contribution in [-0.4, -0.2) is 50.3 Å². The highest BCUT2D eigenvalue weighted by Crippen LogP contribution is 2.01. The molecule has 0 aliphatic heterocycles. The van der Waals surface area contributed by atoms with Gasteiger partial charge in [0.1, 0.15) is 11.9 Å². The first-order valence-corrected chi connectivity index (χ1v) is 6.06. The van der Waals surface area contributed by atoms with E-state index in [0.717, 1.165) is 0 Å². The van der Waals surface area contributed by atoms with Crippen LogP contribution < -0.4 is 5.32 Å². The van der Waals surface area contributed by atoms with Crippen molar-refractivity contribution >= 4 is 12.0 Å². The summed E-state index contributed by atoms with van der Waals surface area (Å²) in [6, 6.07) is -1.32. The number of rotatable bonds is 6. The number of hydrogen-bond donors (Lipinski definition) is 3. The molecule has 0 aromatic carbocycles. The third-order valence-corrected chi connectivity index (χ3v) is 2.54. The highest BCUT2D eigenvalue weighted by atomic mass is 16.4. The summed E-state index contributed by atoms with van der Waals surface area (Å²) in [7, 11) is 1.56. The quantitative estimate of drug-likeness (QED) is 0.696. The standard InChI is InChI=1S/C11H19N5O3/c1-4-5-8(10(17)18)13-11(19)16(3)6-9-12-7(2)14-15-9/h8H,4-6H2,1-3H3,(H,13,19)(H,17,18)(H,12,14,15). The third kappa shape index (κ3) is 4.57. The molecule has 1 aromatic heterocycles. The molecule has 0 spiro atoms. The summed E-state index contributed by atoms with van der Waals surface area (Å²) >= 11 is 0. The van der Waals surface area contributed by atoms with Crippen LogP contribution in [0.25, 0.3) is 0 Å². The average Bonchev–Trinajstić information content (AvgIpc) is 2.73. The van der Waals surface area contributed by atoms with Crippen LogP contribution >= 0.6 is 0 Å². The van der Waals surface area contributed by atoms with E-state index in [9.17, 15) is 9.59 Å². The van der Waals surface area contributed by atoms with Crippen molar-refractivity contribution in [2.75, 3.05) is 7.05 Å². The number of aromatic amines is 1. The average molecular weight is 269 g/mol. The van der Waals surface area contributed by atoms with Gasteiger partial charge in [0, 0.05) is 7.05 Å². The minimum atomic E-state index is -1.03. The summed E-state index contributed by atoms with van der Waals surface area (Å²) in [5.41, 5.74) is 0. The van der Waals surface area contributed by atoms with Crippen LogP contribution in [0.4, 0.5) is 4.79 Å². The van der Waals surface area contributed by atoms with Gasteiger partial charge >= 0.3 is 12.0 Å². The molecule has 1 rings (SSSR count). The Balaban J connectivity index is 2.54. The summed E-state index contributed by atoms with van der Waals surface area (Å²) < 4.78 is 0. The molecule has 0 aliphatic rings. The smallest absolute Gasteiger partial charge is 0.326 e. The number of carboxylic acid groups (broad SMARTS) is 1. The van der Waals surface area contributed by atoms with Crippen molar-refractivity contribution in [2.24, 2.45) is 0 Å². The van der Waals surface area contributed by atoms with E-state index in [1.807, 2.05) is 6.92 Å². The largest absolute Gasteiger partial charge is 0.480 e. The Morgan fingerprint density at radius 3 is 2.68 bits per heavy atom. The van der Waals surface area contributed by atoms with Gasteiger partial charge in [0.2, 0.25) is 0 Å². The van der Waals surface area contributed by atoms with Crippen LogP contribution in [0.15, 0.2) is 0 Å². The highest BCUT2D eigenvalue weighted by molar-refractivity contribution is 5.82. The van der Waals surface area contributed by atoms with Crippen molar-refractivity contribution in [3.63, 3.8) is 0 Å². The molecule has 0 radical (unpaired) electrons. The molecule has 3 N–H and O–H groups in total. The van der Waals surface area contributed by atoms with Gasteiger partial charge in [-0.3, -0.25) is 5.10 Å². The first kappa shape index (κ1) is 14.9. The minimum absolute atomic E-state index is 0.217. The van der Waals surface area contributed by atoms with E-state index in [1.54, 1.807) is 14.0 Å². The lowest BCUT2D eigenvalue weighted by molar-refractivity contribution is -0.139. The predicted molar refractivity (Wildman–Crippen MR) is 67.5 cm³/mol. The van der Waals surface area contributed by atoms with Crippen molar-refractivity contribution in [2.45, 2.75) is 39.3 Å². The zero-order valence-corrected chi connectivity index (χ0v) is 11.3. The number of carbonyl (C=O) groups is 2. The number of aliphatic carboxylic acids is 1. The molecule has 0 aliphatic carbocycles. The molecule has 1 aromatic rings. The fraction of sp³-hybridized carbons (Fsp3) is 0.636. The molecular weight excluding hydrogens is 250 g/mol. The molecule has 0 saturated carbocycles. The SMILES string of the molecule is CCCC(NC(=O)N(C)Cc1n[nH]c(C)n1)C(=O)O. The molecule has 19 heavy (non-hydrogen) atoms. The van der Waals surface area contributed by atoms with Crippen molar-refractivity contribution in [1.82, 2.24) is 25.4 Å². The Morgan fingerprint density at radius 2 is 2.21 bits per heavy atom. The zero-order chi connectivity index (χ0) is 14.4. The molecule has 1 atom stereocenters. The second-order valence-corrected chi connectivity index (χ2v) is 4.32. The Kier molecular flexibility index (Phi) is 5.28. The van der Waals surface area contributed by atoms with Gasteiger partial charge in [-0.15, -0.1) is 0 Å². The van der Waals surface area contributed by atoms with Gasteiger partial charge in [0.05, 0.1) is 6.54 Å². The highest BCUT2D eigenvalue weighted by Gasteiger charge is 2.21. The fourth-order valence-corrected chi connectivity index (χ4v) is 1.55. The topological polar surface area (TPSA) is 111 Å². The lowest BCUT2D eigenvalue weighted by Crippen LogP contribution is -2.46. The summed E-state index contributed by atoms with van der Waals surface area (Å²) in [5, 5.41) is 18.0. The number of carbonyl (C=O) groups excluding carboxylic acids is 1. The fourth-order valence-electron chi connectivity index (χ4n) is 1.55. The van der Waals surface area contributed by atoms with Crippen LogP contribution in [0.5, 0.6) is 0 Å². The normalized spacial score (nSPS) is 11.9. The van der Waals surface area contributed by atoms with Gasteiger partial charge in [-0.05, 0) is 13.3 Å². The second kappa shape index (κ2) is 6.72. The maximum atomic E-state index is 11.8. The van der Waals surface area contributed by atoms with E-state index in [-0.39, 0.29) is 6.54 Å². The van der Waals surface area contributed by atoms with Gasteiger partial charge in [0.15, 0.2) is 5.82 Å². The van der Waals surface area contributed by atoms with Crippen LogP contribution in [-0.2, 0) is 11.3 Å². The molecule has 1 heterocycles. The Labute approximate surface area is 111 Å². The number of H-pyrrole nitrogens is 1. The predicted octanol–water partition coefficient (Wildman–Crippen LogP) is 0.508. The number of urea groups is 1. The summed E-state index contributed by atoms with van der Waals surface area (Å²) in [6.07, 6.45) is 1.08. The van der Waals surface area contributed by atoms with Crippen molar-refractivity contribution < 1.29 is 14.7 Å². The van der Waals surface area contributed by atoms with E-state index in [0.29, 0.717) is 24.5 Å². The molecule has 1 unspecified atom stereocenters. The third-order valence-electron chi connectivity index (χ3n) is 2.54. The van der Waals surface area contributed by atoms with E-state index in [1.165, 1.54) is 4.90 Å². The Hall–Kier alpha value is -2.12. The monoisotopic (exact) mass is 269 g/mol. The molecule has 8 nitrogen and oxygen atoms in total. The van der Waals surface area contributed by atoms with Crippen LogP contribution in [0.3, 0.4) is 0 Å². The zero-order valence-electron chi connectivity index (χ0n) is 11.3. The van der Waals surface area contributed by atoms with E-state index >= 15 is 0 Å². The lowest BCUT2D eigenvalue weighted by atomic mass is 10.2. The second-order valence-electron chi connectivity index (χ2n) is 4.32. The van der Waals surface area contributed by atoms with Gasteiger partial charge < -0.3 is 15.3 Å². The number of amides is 2. The number of nitrogens with one attached hydrogen (secondary N) is 2. The molecule has 0 bridgehead atoms. The van der Waals surface area contributed by atoms with Crippen molar-refractivity contribution in [3.8, 4) is 0 Å². The number of nitrogens with zero attached hydrogens (tertiary/aromatic N) is 3. The molecular formula is C11H19N5O3. The number of carboxylic acids is 1. The van der Waals surface area contributed by atoms with Crippen LogP contribution in [0.2, 0.25) is 0 Å². The summed E-state index contributed by atoms with van der Waals surface area (Å²) in [4.78, 5) is 28.2. The van der Waals surface area contributed by atoms with Gasteiger partial charge in [-0.25, -0.2) is 14.6 Å². The number of aryl methyl sites for hydroxylation is 1. The number of hydrogen-bond acceptors (Lipinski definition) is 4. The molecule has 0 saturated heterocycles. The summed E-state index contributed by atoms with van der Waals surface area (Å²) in [5.74, 6) is 0.119. The maximum absolute atomic E-state index is 11.8. The molecule has 0 fully saturated rings. The van der Waals surface area contributed by atoms with E-state index in [2.05, 4.69) is 20.5 Å². The van der Waals surface area contributed by atoms with Crippen LogP contribution in [0, 0.1) is 6.92 Å². The summed E-state index contributed by atoms with van der Waals surface area (Å²) in [6.45, 7) is 3.84. The first-order chi connectivity index (χ1) is 8.93. The number of aromatic nitrogens is 3. The lowest BCUT2D eigenvalue weighted by Gasteiger charge is -2.20. The van der Waals surface area contributed by atoms with Crippen molar-refractivity contribution in [3.05, 3.63) is 11.6 Å². The Morgan fingerprint density at radius 1 is 1.53 bits per heavy atom.